The van der Waals surface area contributed by atoms with Gasteiger partial charge in [-0.2, -0.15) is 0 Å². The first kappa shape index (κ1) is 20.5. The number of carbonyl (C=O) groups is 1. The Kier molecular flexibility index (Phi) is 6.07. The van der Waals surface area contributed by atoms with Crippen LogP contribution in [0.3, 0.4) is 0 Å². The molecule has 0 unspecified atom stereocenters. The van der Waals surface area contributed by atoms with E-state index in [0.29, 0.717) is 5.56 Å². The fourth-order valence-electron chi connectivity index (χ4n) is 4.18. The Morgan fingerprint density at radius 3 is 1.90 bits per heavy atom. The average Bonchev–Trinajstić information content (AvgIpc) is 2.80. The molecule has 1 fully saturated rings. The van der Waals surface area contributed by atoms with Crippen LogP contribution in [0, 0.1) is 0 Å². The summed E-state index contributed by atoms with van der Waals surface area (Å²) in [6, 6.07) is 22.9. The van der Waals surface area contributed by atoms with Gasteiger partial charge in [0.2, 0.25) is 0 Å². The minimum absolute atomic E-state index is 0.139. The van der Waals surface area contributed by atoms with Gasteiger partial charge < -0.3 is 5.11 Å². The van der Waals surface area contributed by atoms with Crippen molar-refractivity contribution in [2.45, 2.75) is 37.7 Å². The van der Waals surface area contributed by atoms with Crippen LogP contribution in [0.5, 0.6) is 0 Å². The number of hydrogen-bond acceptors (Lipinski definition) is 4. The summed E-state index contributed by atoms with van der Waals surface area (Å²) >= 11 is 1.67. The third-order valence-corrected chi connectivity index (χ3v) is 6.90. The first-order valence-electron chi connectivity index (χ1n) is 10.3. The SMILES string of the molecule is O=Cc1ccccc1C1(O)CCCCC1.O=c1c2ccccc2sc2ccccc12. The molecule has 1 N–H and O–H groups in total. The van der Waals surface area contributed by atoms with Gasteiger partial charge in [0, 0.05) is 25.7 Å². The Hall–Kier alpha value is -2.82. The molecule has 1 aromatic heterocycles. The topological polar surface area (TPSA) is 54.4 Å². The zero-order chi connectivity index (χ0) is 21.0. The van der Waals surface area contributed by atoms with Crippen LogP contribution in [0.1, 0.15) is 48.0 Å². The Morgan fingerprint density at radius 1 is 0.767 bits per heavy atom. The standard InChI is InChI=1S/C13H16O2.C13H8OS/c14-10-11-6-2-3-7-12(11)13(15)8-4-1-5-9-13;14-13-9-5-1-3-7-11(9)15-12-8-4-2-6-10(12)13/h2-3,6-7,10,15H,1,4-5,8-9H2;1-8H. The molecule has 3 aromatic carbocycles. The Labute approximate surface area is 179 Å². The highest BCUT2D eigenvalue weighted by Crippen LogP contribution is 2.38. The summed E-state index contributed by atoms with van der Waals surface area (Å²) in [6.07, 6.45) is 5.66. The molecule has 1 aliphatic rings. The fraction of sp³-hybridized carbons (Fsp3) is 0.231. The van der Waals surface area contributed by atoms with Gasteiger partial charge >= 0.3 is 0 Å². The van der Waals surface area contributed by atoms with Crippen molar-refractivity contribution >= 4 is 37.8 Å². The molecule has 30 heavy (non-hydrogen) atoms. The van der Waals surface area contributed by atoms with Crippen LogP contribution in [0.25, 0.3) is 20.2 Å². The number of rotatable bonds is 2. The molecule has 4 heteroatoms. The van der Waals surface area contributed by atoms with E-state index in [-0.39, 0.29) is 5.43 Å². The first-order chi connectivity index (χ1) is 14.6. The van der Waals surface area contributed by atoms with Crippen molar-refractivity contribution in [3.8, 4) is 0 Å². The maximum Gasteiger partial charge on any atom is 0.195 e. The fourth-order valence-corrected chi connectivity index (χ4v) is 5.25. The summed E-state index contributed by atoms with van der Waals surface area (Å²) in [5.41, 5.74) is 0.803. The van der Waals surface area contributed by atoms with Crippen molar-refractivity contribution in [1.29, 1.82) is 0 Å². The number of aldehydes is 1. The molecule has 0 spiro atoms. The predicted molar refractivity (Wildman–Crippen MR) is 124 cm³/mol. The molecule has 5 rings (SSSR count). The van der Waals surface area contributed by atoms with Gasteiger partial charge in [-0.3, -0.25) is 9.59 Å². The van der Waals surface area contributed by atoms with Gasteiger partial charge in [-0.1, -0.05) is 67.8 Å². The van der Waals surface area contributed by atoms with E-state index in [2.05, 4.69) is 0 Å². The van der Waals surface area contributed by atoms with Crippen molar-refractivity contribution in [1.82, 2.24) is 0 Å². The van der Waals surface area contributed by atoms with E-state index < -0.39 is 5.60 Å². The highest BCUT2D eigenvalue weighted by Gasteiger charge is 2.32. The van der Waals surface area contributed by atoms with Gasteiger partial charge in [0.05, 0.1) is 5.60 Å². The lowest BCUT2D eigenvalue weighted by atomic mass is 9.78. The van der Waals surface area contributed by atoms with E-state index in [4.69, 9.17) is 0 Å². The number of carbonyl (C=O) groups excluding carboxylic acids is 1. The van der Waals surface area contributed by atoms with E-state index in [1.165, 1.54) is 6.42 Å². The molecule has 0 amide bonds. The molecule has 1 aliphatic carbocycles. The van der Waals surface area contributed by atoms with Crippen molar-refractivity contribution < 1.29 is 9.90 Å². The maximum absolute atomic E-state index is 12.1. The van der Waals surface area contributed by atoms with Crippen LogP contribution in [0.2, 0.25) is 0 Å². The van der Waals surface area contributed by atoms with E-state index in [9.17, 15) is 14.7 Å². The number of aliphatic hydroxyl groups is 1. The van der Waals surface area contributed by atoms with Crippen LogP contribution in [-0.2, 0) is 5.60 Å². The smallest absolute Gasteiger partial charge is 0.195 e. The molecule has 0 bridgehead atoms. The van der Waals surface area contributed by atoms with Crippen molar-refractivity contribution in [2.75, 3.05) is 0 Å². The van der Waals surface area contributed by atoms with E-state index in [1.807, 2.05) is 66.7 Å². The predicted octanol–water partition coefficient (Wildman–Crippen LogP) is 6.07. The number of fused-ring (bicyclic) bond motifs is 2. The third kappa shape index (κ3) is 4.07. The number of hydrogen-bond donors (Lipinski definition) is 1. The molecular formula is C26H24O3S. The van der Waals surface area contributed by atoms with Gasteiger partial charge in [-0.15, -0.1) is 11.3 Å². The first-order valence-corrected chi connectivity index (χ1v) is 11.1. The van der Waals surface area contributed by atoms with Crippen LogP contribution >= 0.6 is 11.3 Å². The summed E-state index contributed by atoms with van der Waals surface area (Å²) in [4.78, 5) is 23.0. The molecule has 0 radical (unpaired) electrons. The zero-order valence-corrected chi connectivity index (χ0v) is 17.5. The lowest BCUT2D eigenvalue weighted by Gasteiger charge is -2.33. The summed E-state index contributed by atoms with van der Waals surface area (Å²) < 4.78 is 2.11. The molecule has 4 aromatic rings. The van der Waals surface area contributed by atoms with Gasteiger partial charge in [0.25, 0.3) is 0 Å². The maximum atomic E-state index is 12.1. The molecule has 0 saturated heterocycles. The van der Waals surface area contributed by atoms with E-state index in [0.717, 1.165) is 57.7 Å². The number of benzene rings is 3. The second-order valence-corrected chi connectivity index (χ2v) is 8.80. The van der Waals surface area contributed by atoms with Gasteiger partial charge in [0.1, 0.15) is 6.29 Å². The van der Waals surface area contributed by atoms with Gasteiger partial charge in [-0.25, -0.2) is 0 Å². The molecule has 152 valence electrons. The van der Waals surface area contributed by atoms with Gasteiger partial charge in [-0.05, 0) is 42.7 Å². The summed E-state index contributed by atoms with van der Waals surface area (Å²) in [5, 5.41) is 12.1. The lowest BCUT2D eigenvalue weighted by Crippen LogP contribution is -2.29. The minimum atomic E-state index is -0.768. The second-order valence-electron chi connectivity index (χ2n) is 7.72. The van der Waals surface area contributed by atoms with Crippen molar-refractivity contribution in [3.63, 3.8) is 0 Å². The molecular weight excluding hydrogens is 392 g/mol. The summed E-state index contributed by atoms with van der Waals surface area (Å²) in [6.45, 7) is 0. The molecule has 1 heterocycles. The van der Waals surface area contributed by atoms with Crippen LogP contribution < -0.4 is 5.43 Å². The van der Waals surface area contributed by atoms with Crippen LogP contribution in [0.15, 0.2) is 77.6 Å². The zero-order valence-electron chi connectivity index (χ0n) is 16.7. The van der Waals surface area contributed by atoms with E-state index >= 15 is 0 Å². The molecule has 1 saturated carbocycles. The molecule has 3 nitrogen and oxygen atoms in total. The molecule has 0 atom stereocenters. The Morgan fingerprint density at radius 2 is 1.30 bits per heavy atom. The summed E-state index contributed by atoms with van der Waals surface area (Å²) in [7, 11) is 0. The lowest BCUT2D eigenvalue weighted by molar-refractivity contribution is -0.00113. The minimum Gasteiger partial charge on any atom is -0.385 e. The normalized spacial score (nSPS) is 15.4. The average molecular weight is 417 g/mol. The van der Waals surface area contributed by atoms with Crippen molar-refractivity contribution in [2.24, 2.45) is 0 Å². The Bertz CT molecular complexity index is 1180. The largest absolute Gasteiger partial charge is 0.385 e. The van der Waals surface area contributed by atoms with Crippen LogP contribution in [0.4, 0.5) is 0 Å². The molecule has 0 aliphatic heterocycles. The highest BCUT2D eigenvalue weighted by molar-refractivity contribution is 7.24. The van der Waals surface area contributed by atoms with Gasteiger partial charge in [0.15, 0.2) is 5.43 Å². The van der Waals surface area contributed by atoms with E-state index in [1.54, 1.807) is 17.4 Å². The Balaban J connectivity index is 0.000000145. The summed E-state index contributed by atoms with van der Waals surface area (Å²) in [5.74, 6) is 0. The second kappa shape index (κ2) is 8.90. The van der Waals surface area contributed by atoms with Crippen LogP contribution in [-0.4, -0.2) is 11.4 Å². The highest BCUT2D eigenvalue weighted by atomic mass is 32.1. The monoisotopic (exact) mass is 416 g/mol. The van der Waals surface area contributed by atoms with Crippen molar-refractivity contribution in [3.05, 3.63) is 94.1 Å². The quantitative estimate of drug-likeness (QED) is 0.319. The third-order valence-electron chi connectivity index (χ3n) is 5.75.